The quantitative estimate of drug-likeness (QED) is 0.852. The Labute approximate surface area is 91.6 Å². The molecule has 1 saturated carbocycles. The maximum Gasteiger partial charge on any atom is 0.449 e. The first kappa shape index (κ1) is 11.5. The first-order valence-electron chi connectivity index (χ1n) is 5.13. The molecule has 0 spiro atoms. The van der Waals surface area contributed by atoms with Gasteiger partial charge in [0, 0.05) is 11.0 Å². The Morgan fingerprint density at radius 1 is 1.19 bits per heavy atom. The largest absolute Gasteiger partial charge is 0.456 e. The molecule has 90 valence electrons. The van der Waals surface area contributed by atoms with Gasteiger partial charge in [-0.3, -0.25) is 0 Å². The van der Waals surface area contributed by atoms with Gasteiger partial charge in [0.1, 0.15) is 5.76 Å². The van der Waals surface area contributed by atoms with E-state index in [-0.39, 0.29) is 0 Å². The molecule has 0 aliphatic heterocycles. The molecule has 0 atom stereocenters. The Morgan fingerprint density at radius 2 is 1.69 bits per heavy atom. The lowest BCUT2D eigenvalue weighted by Crippen LogP contribution is -2.43. The first-order chi connectivity index (χ1) is 7.17. The summed E-state index contributed by atoms with van der Waals surface area (Å²) in [4.78, 5) is 0. The third kappa shape index (κ3) is 1.63. The highest BCUT2D eigenvalue weighted by Gasteiger charge is 2.54. The van der Waals surface area contributed by atoms with E-state index in [4.69, 9.17) is 10.2 Å². The first-order valence-corrected chi connectivity index (χ1v) is 5.13. The molecule has 1 fully saturated rings. The van der Waals surface area contributed by atoms with E-state index in [0.29, 0.717) is 5.76 Å². The van der Waals surface area contributed by atoms with E-state index < -0.39 is 22.9 Å². The van der Waals surface area contributed by atoms with Crippen molar-refractivity contribution in [3.63, 3.8) is 0 Å². The lowest BCUT2D eigenvalue weighted by molar-refractivity contribution is -0.153. The van der Waals surface area contributed by atoms with E-state index in [2.05, 4.69) is 0 Å². The molecule has 1 aromatic rings. The molecule has 1 aliphatic rings. The topological polar surface area (TPSA) is 39.2 Å². The average molecular weight is 233 g/mol. The van der Waals surface area contributed by atoms with Gasteiger partial charge in [-0.05, 0) is 25.0 Å². The van der Waals surface area contributed by atoms with Crippen LogP contribution >= 0.6 is 0 Å². The van der Waals surface area contributed by atoms with Gasteiger partial charge in [0.15, 0.2) is 0 Å². The zero-order valence-corrected chi connectivity index (χ0v) is 9.19. The third-order valence-electron chi connectivity index (χ3n) is 3.53. The third-order valence-corrected chi connectivity index (χ3v) is 3.53. The fraction of sp³-hybridized carbons (Fsp3) is 0.636. The minimum absolute atomic E-state index is 0.305. The monoisotopic (exact) mass is 233 g/mol. The lowest BCUT2D eigenvalue weighted by Gasteiger charge is -2.29. The highest BCUT2D eigenvalue weighted by Crippen LogP contribution is 2.50. The molecule has 0 saturated heterocycles. The summed E-state index contributed by atoms with van der Waals surface area (Å²) in [5.74, 6) is -0.653. The Morgan fingerprint density at radius 3 is 2.06 bits per heavy atom. The molecule has 1 aromatic heterocycles. The molecule has 5 heteroatoms. The van der Waals surface area contributed by atoms with E-state index in [1.54, 1.807) is 0 Å². The molecule has 16 heavy (non-hydrogen) atoms. The van der Waals surface area contributed by atoms with Gasteiger partial charge in [-0.15, -0.1) is 0 Å². The number of alkyl halides is 3. The second kappa shape index (κ2) is 3.03. The van der Waals surface area contributed by atoms with Crippen molar-refractivity contribution in [2.45, 2.75) is 43.8 Å². The molecule has 0 bridgehead atoms. The molecule has 1 aliphatic carbocycles. The molecule has 0 aromatic carbocycles. The summed E-state index contributed by atoms with van der Waals surface area (Å²) in [7, 11) is 0. The van der Waals surface area contributed by atoms with Gasteiger partial charge < -0.3 is 10.2 Å². The van der Waals surface area contributed by atoms with Crippen LogP contribution in [0.2, 0.25) is 0 Å². The SMILES string of the molecule is CC(C)(c1ccc(C(F)(F)F)o1)C1(N)CC1. The zero-order chi connectivity index (χ0) is 12.2. The Hall–Kier alpha value is -0.970. The standard InChI is InChI=1S/C11H14F3NO/c1-9(2,10(15)5-6-10)7-3-4-8(16-7)11(12,13)14/h3-4H,5-6,15H2,1-2H3. The predicted octanol–water partition coefficient (Wildman–Crippen LogP) is 3.07. The summed E-state index contributed by atoms with van der Waals surface area (Å²) >= 11 is 0. The van der Waals surface area contributed by atoms with Crippen molar-refractivity contribution >= 4 is 0 Å². The molecule has 2 rings (SSSR count). The van der Waals surface area contributed by atoms with Crippen LogP contribution in [0.4, 0.5) is 13.2 Å². The summed E-state index contributed by atoms with van der Waals surface area (Å²) < 4.78 is 42.0. The van der Waals surface area contributed by atoms with Crippen LogP contribution in [0.5, 0.6) is 0 Å². The second-order valence-corrected chi connectivity index (χ2v) is 4.94. The van der Waals surface area contributed by atoms with Crippen molar-refractivity contribution in [1.82, 2.24) is 0 Å². The van der Waals surface area contributed by atoms with Gasteiger partial charge >= 0.3 is 6.18 Å². The normalized spacial score (nSPS) is 19.9. The highest BCUT2D eigenvalue weighted by atomic mass is 19.4. The van der Waals surface area contributed by atoms with Crippen LogP contribution in [0.1, 0.15) is 38.2 Å². The van der Waals surface area contributed by atoms with E-state index >= 15 is 0 Å². The van der Waals surface area contributed by atoms with Gasteiger partial charge in [-0.2, -0.15) is 13.2 Å². The maximum absolute atomic E-state index is 12.4. The molecule has 1 heterocycles. The van der Waals surface area contributed by atoms with Gasteiger partial charge in [0.25, 0.3) is 0 Å². The Bertz CT molecular complexity index is 402. The molecule has 2 nitrogen and oxygen atoms in total. The Balaban J connectivity index is 2.32. The van der Waals surface area contributed by atoms with Gasteiger partial charge in [-0.25, -0.2) is 0 Å². The zero-order valence-electron chi connectivity index (χ0n) is 9.19. The van der Waals surface area contributed by atoms with Crippen molar-refractivity contribution < 1.29 is 17.6 Å². The van der Waals surface area contributed by atoms with Crippen LogP contribution < -0.4 is 5.73 Å². The van der Waals surface area contributed by atoms with Gasteiger partial charge in [-0.1, -0.05) is 13.8 Å². The number of hydrogen-bond acceptors (Lipinski definition) is 2. The molecular weight excluding hydrogens is 219 g/mol. The second-order valence-electron chi connectivity index (χ2n) is 4.94. The van der Waals surface area contributed by atoms with Crippen molar-refractivity contribution in [2.75, 3.05) is 0 Å². The van der Waals surface area contributed by atoms with Crippen LogP contribution in [0, 0.1) is 0 Å². The number of rotatable bonds is 2. The number of nitrogens with two attached hydrogens (primary N) is 1. The van der Waals surface area contributed by atoms with E-state index in [1.807, 2.05) is 13.8 Å². The number of halogens is 3. The smallest absolute Gasteiger partial charge is 0.449 e. The minimum atomic E-state index is -4.43. The summed E-state index contributed by atoms with van der Waals surface area (Å²) in [6.45, 7) is 3.64. The summed E-state index contributed by atoms with van der Waals surface area (Å²) in [6.07, 6.45) is -2.79. The average Bonchev–Trinajstić information content (AvgIpc) is 2.71. The molecule has 2 N–H and O–H groups in total. The van der Waals surface area contributed by atoms with Crippen LogP contribution in [-0.2, 0) is 11.6 Å². The Kier molecular flexibility index (Phi) is 2.18. The van der Waals surface area contributed by atoms with Crippen LogP contribution in [0.3, 0.4) is 0 Å². The fourth-order valence-corrected chi connectivity index (χ4v) is 1.83. The van der Waals surface area contributed by atoms with Crippen LogP contribution in [0.25, 0.3) is 0 Å². The number of furan rings is 1. The van der Waals surface area contributed by atoms with Crippen LogP contribution in [0.15, 0.2) is 16.5 Å². The fourth-order valence-electron chi connectivity index (χ4n) is 1.83. The summed E-state index contributed by atoms with van der Waals surface area (Å²) in [5, 5.41) is 0. The van der Waals surface area contributed by atoms with Crippen molar-refractivity contribution in [3.8, 4) is 0 Å². The molecule has 0 radical (unpaired) electrons. The molecule has 0 unspecified atom stereocenters. The molecular formula is C11H14F3NO. The highest BCUT2D eigenvalue weighted by molar-refractivity contribution is 5.27. The summed E-state index contributed by atoms with van der Waals surface area (Å²) in [5.41, 5.74) is 5.05. The lowest BCUT2D eigenvalue weighted by atomic mass is 9.80. The summed E-state index contributed by atoms with van der Waals surface area (Å²) in [6, 6.07) is 2.33. The van der Waals surface area contributed by atoms with E-state index in [0.717, 1.165) is 18.9 Å². The van der Waals surface area contributed by atoms with Crippen molar-refractivity contribution in [2.24, 2.45) is 5.73 Å². The maximum atomic E-state index is 12.4. The minimum Gasteiger partial charge on any atom is -0.456 e. The van der Waals surface area contributed by atoms with Crippen molar-refractivity contribution in [1.29, 1.82) is 0 Å². The number of hydrogen-bond donors (Lipinski definition) is 1. The van der Waals surface area contributed by atoms with Gasteiger partial charge in [0.05, 0.1) is 0 Å². The van der Waals surface area contributed by atoms with E-state index in [1.165, 1.54) is 6.07 Å². The van der Waals surface area contributed by atoms with Gasteiger partial charge in [0.2, 0.25) is 5.76 Å². The van der Waals surface area contributed by atoms with Crippen molar-refractivity contribution in [3.05, 3.63) is 23.7 Å². The van der Waals surface area contributed by atoms with E-state index in [9.17, 15) is 13.2 Å². The predicted molar refractivity (Wildman–Crippen MR) is 52.9 cm³/mol. The van der Waals surface area contributed by atoms with Crippen LogP contribution in [-0.4, -0.2) is 5.54 Å². The molecule has 0 amide bonds.